The van der Waals surface area contributed by atoms with E-state index in [-0.39, 0.29) is 36.5 Å². The molecule has 0 radical (unpaired) electrons. The molecule has 0 aromatic heterocycles. The van der Waals surface area contributed by atoms with Gasteiger partial charge in [-0.3, -0.25) is 0 Å². The molecule has 0 spiro atoms. The van der Waals surface area contributed by atoms with Crippen LogP contribution < -0.4 is 0 Å². The molecule has 0 aliphatic rings. The number of nitrogens with zero attached hydrogens (tertiary/aromatic N) is 1. The summed E-state index contributed by atoms with van der Waals surface area (Å²) in [4.78, 5) is 10.5. The van der Waals surface area contributed by atoms with Crippen LogP contribution in [-0.2, 0) is 4.79 Å². The maximum absolute atomic E-state index is 10.5. The molecule has 0 heterocycles. The van der Waals surface area contributed by atoms with E-state index >= 15 is 0 Å². The van der Waals surface area contributed by atoms with E-state index < -0.39 is 5.97 Å². The molecule has 0 amide bonds. The minimum absolute atomic E-state index is 0.0567. The Morgan fingerprint density at radius 2 is 1.92 bits per heavy atom. The van der Waals surface area contributed by atoms with E-state index in [9.17, 15) is 4.79 Å². The van der Waals surface area contributed by atoms with Crippen molar-refractivity contribution in [1.29, 1.82) is 0 Å². The molecule has 5 heteroatoms. The van der Waals surface area contributed by atoms with Crippen LogP contribution in [0.3, 0.4) is 0 Å². The van der Waals surface area contributed by atoms with Crippen molar-refractivity contribution in [2.24, 2.45) is 0 Å². The van der Waals surface area contributed by atoms with Crippen molar-refractivity contribution in [2.45, 2.75) is 0 Å². The van der Waals surface area contributed by atoms with Gasteiger partial charge in [0.05, 0.1) is 13.7 Å². The van der Waals surface area contributed by atoms with Gasteiger partial charge in [0.1, 0.15) is 18.8 Å². The number of aliphatic hydroxyl groups is 2. The Labute approximate surface area is 77.1 Å². The van der Waals surface area contributed by atoms with Crippen LogP contribution in [0.25, 0.3) is 0 Å². The van der Waals surface area contributed by atoms with E-state index in [1.165, 1.54) is 0 Å². The van der Waals surface area contributed by atoms with Crippen LogP contribution in [0.15, 0.2) is 12.3 Å². The van der Waals surface area contributed by atoms with Crippen molar-refractivity contribution in [3.63, 3.8) is 0 Å². The van der Waals surface area contributed by atoms with Gasteiger partial charge >= 0.3 is 5.97 Å². The van der Waals surface area contributed by atoms with E-state index in [2.05, 4.69) is 6.58 Å². The van der Waals surface area contributed by atoms with Gasteiger partial charge in [-0.05, 0) is 0 Å². The average Bonchev–Trinajstić information content (AvgIpc) is 1.81. The molecule has 1 unspecified atom stereocenters. The zero-order valence-corrected chi connectivity index (χ0v) is 7.73. The van der Waals surface area contributed by atoms with Gasteiger partial charge in [0, 0.05) is 0 Å². The topological polar surface area (TPSA) is 77.8 Å². The first-order chi connectivity index (χ1) is 5.89. The molecule has 0 aliphatic heterocycles. The number of carbonyl (C=O) groups is 1. The fourth-order valence-corrected chi connectivity index (χ4v) is 1.22. The van der Waals surface area contributed by atoms with Crippen molar-refractivity contribution < 1.29 is 24.6 Å². The largest absolute Gasteiger partial charge is 0.507 e. The molecular weight excluding hydrogens is 174 g/mol. The molecule has 13 heavy (non-hydrogen) atoms. The lowest BCUT2D eigenvalue weighted by Gasteiger charge is -2.31. The molecule has 0 bridgehead atoms. The van der Waals surface area contributed by atoms with E-state index in [0.717, 1.165) is 0 Å². The second kappa shape index (κ2) is 4.84. The van der Waals surface area contributed by atoms with Crippen molar-refractivity contribution in [3.8, 4) is 0 Å². The van der Waals surface area contributed by atoms with Crippen LogP contribution >= 0.6 is 0 Å². The molecule has 0 aliphatic carbocycles. The predicted molar refractivity (Wildman–Crippen MR) is 47.3 cm³/mol. The molecule has 0 rings (SSSR count). The number of carboxylic acids is 1. The lowest BCUT2D eigenvalue weighted by atomic mass is 10.3. The molecular formula is C8H16NO4+. The van der Waals surface area contributed by atoms with Crippen molar-refractivity contribution in [1.82, 2.24) is 0 Å². The molecule has 1 atom stereocenters. The highest BCUT2D eigenvalue weighted by atomic mass is 16.4. The first kappa shape index (κ1) is 11.9. The van der Waals surface area contributed by atoms with Crippen molar-refractivity contribution in [2.75, 3.05) is 33.3 Å². The van der Waals surface area contributed by atoms with Crippen LogP contribution in [0.5, 0.6) is 0 Å². The summed E-state index contributed by atoms with van der Waals surface area (Å²) in [7, 11) is 1.64. The van der Waals surface area contributed by atoms with E-state index in [0.29, 0.717) is 0 Å². The summed E-state index contributed by atoms with van der Waals surface area (Å²) < 4.78 is 0.0567. The molecule has 3 N–H and O–H groups in total. The van der Waals surface area contributed by atoms with Crippen LogP contribution in [0.2, 0.25) is 0 Å². The third-order valence-electron chi connectivity index (χ3n) is 1.72. The Balaban J connectivity index is 4.32. The highest BCUT2D eigenvalue weighted by Gasteiger charge is 2.25. The number of quaternary nitrogens is 1. The Hall–Kier alpha value is -1.07. The van der Waals surface area contributed by atoms with Gasteiger partial charge in [0.15, 0.2) is 6.54 Å². The number of aliphatic hydroxyl groups excluding tert-OH is 2. The van der Waals surface area contributed by atoms with Gasteiger partial charge in [-0.1, -0.05) is 6.58 Å². The monoisotopic (exact) mass is 190 g/mol. The number of rotatable bonds is 6. The average molecular weight is 190 g/mol. The van der Waals surface area contributed by atoms with Gasteiger partial charge in [0.25, 0.3) is 0 Å². The van der Waals surface area contributed by atoms with Crippen LogP contribution in [0.4, 0.5) is 0 Å². The summed E-state index contributed by atoms with van der Waals surface area (Å²) in [5.74, 6) is -1.03. The number of aliphatic carboxylic acids is 1. The van der Waals surface area contributed by atoms with Crippen LogP contribution in [-0.4, -0.2) is 59.1 Å². The number of likely N-dealkylation sites (N-methyl/N-ethyl adjacent to an activating group) is 1. The molecule has 0 aromatic rings. The normalized spacial score (nSPS) is 14.9. The van der Waals surface area contributed by atoms with Gasteiger partial charge in [-0.2, -0.15) is 0 Å². The molecule has 76 valence electrons. The quantitative estimate of drug-likeness (QED) is 0.393. The van der Waals surface area contributed by atoms with Crippen LogP contribution in [0, 0.1) is 0 Å². The Morgan fingerprint density at radius 1 is 1.38 bits per heavy atom. The highest BCUT2D eigenvalue weighted by Crippen LogP contribution is 2.04. The van der Waals surface area contributed by atoms with E-state index in [1.807, 2.05) is 0 Å². The highest BCUT2D eigenvalue weighted by molar-refractivity contribution is 5.67. The first-order valence-corrected chi connectivity index (χ1v) is 3.92. The van der Waals surface area contributed by atoms with Gasteiger partial charge < -0.3 is 19.8 Å². The van der Waals surface area contributed by atoms with Crippen LogP contribution in [0.1, 0.15) is 0 Å². The minimum atomic E-state index is -0.961. The second-order valence-electron chi connectivity index (χ2n) is 3.34. The smallest absolute Gasteiger partial charge is 0.359 e. The summed E-state index contributed by atoms with van der Waals surface area (Å²) in [5.41, 5.74) is 0. The number of hydrogen-bond donors (Lipinski definition) is 3. The van der Waals surface area contributed by atoms with Crippen molar-refractivity contribution in [3.05, 3.63) is 12.3 Å². The summed E-state index contributed by atoms with van der Waals surface area (Å²) in [6.07, 6.45) is 0. The minimum Gasteiger partial charge on any atom is -0.507 e. The number of carboxylic acid groups (broad SMARTS) is 1. The molecule has 0 saturated carbocycles. The third kappa shape index (κ3) is 5.21. The summed E-state index contributed by atoms with van der Waals surface area (Å²) >= 11 is 0. The maximum Gasteiger partial charge on any atom is 0.359 e. The number of hydrogen-bond acceptors (Lipinski definition) is 3. The van der Waals surface area contributed by atoms with E-state index in [4.69, 9.17) is 15.3 Å². The Kier molecular flexibility index (Phi) is 4.44. The maximum atomic E-state index is 10.5. The third-order valence-corrected chi connectivity index (χ3v) is 1.72. The fourth-order valence-electron chi connectivity index (χ4n) is 1.22. The van der Waals surface area contributed by atoms with Gasteiger partial charge in [-0.15, -0.1) is 0 Å². The fraction of sp³-hybridized carbons (Fsp3) is 0.625. The summed E-state index contributed by atoms with van der Waals surface area (Å²) in [6.45, 7) is 3.47. The lowest BCUT2D eigenvalue weighted by molar-refractivity contribution is -0.899. The summed E-state index contributed by atoms with van der Waals surface area (Å²) in [5, 5.41) is 26.2. The predicted octanol–water partition coefficient (Wildman–Crippen LogP) is -0.418. The van der Waals surface area contributed by atoms with E-state index in [1.54, 1.807) is 7.05 Å². The molecule has 0 fully saturated rings. The van der Waals surface area contributed by atoms with Crippen molar-refractivity contribution >= 4 is 5.97 Å². The SMILES string of the molecule is C=C(O)C[N+](C)(CCO)CC(=O)O. The second-order valence-corrected chi connectivity index (χ2v) is 3.34. The molecule has 0 saturated heterocycles. The molecule has 5 nitrogen and oxygen atoms in total. The molecule has 0 aromatic carbocycles. The lowest BCUT2D eigenvalue weighted by Crippen LogP contribution is -2.50. The summed E-state index contributed by atoms with van der Waals surface area (Å²) in [6, 6.07) is 0. The standard InChI is InChI=1S/C8H15NO4/c1-7(11)5-9(2,3-4-10)6-8(12)13/h10H,1,3-6H2,2H3,(H-,11,12,13)/p+1. The van der Waals surface area contributed by atoms with Gasteiger partial charge in [-0.25, -0.2) is 4.79 Å². The Bertz CT molecular complexity index is 186. The first-order valence-electron chi connectivity index (χ1n) is 3.92. The Morgan fingerprint density at radius 3 is 2.23 bits per heavy atom. The zero-order valence-electron chi connectivity index (χ0n) is 7.73. The van der Waals surface area contributed by atoms with Gasteiger partial charge in [0.2, 0.25) is 0 Å². The zero-order chi connectivity index (χ0) is 10.5.